The first-order valence-electron chi connectivity index (χ1n) is 6.34. The topological polar surface area (TPSA) is 92.4 Å². The Labute approximate surface area is 122 Å². The highest BCUT2D eigenvalue weighted by atomic mass is 16.3. The maximum atomic E-state index is 12.2. The molecule has 0 saturated heterocycles. The Balaban J connectivity index is 2.26. The molecule has 4 N–H and O–H groups in total. The van der Waals surface area contributed by atoms with Gasteiger partial charge in [-0.2, -0.15) is 0 Å². The SMILES string of the molecule is C=C(C(N)=O)C(C)(O)NC(=O)c1ccc2ccccc2c1. The number of nitrogens with two attached hydrogens (primary N) is 1. The molecule has 0 spiro atoms. The molecule has 2 aromatic carbocycles. The fraction of sp³-hybridized carbons (Fsp3) is 0.125. The van der Waals surface area contributed by atoms with E-state index in [0.717, 1.165) is 10.8 Å². The Hall–Kier alpha value is -2.66. The standard InChI is InChI=1S/C16H16N2O3/c1-10(14(17)19)16(2,21)18-15(20)13-8-7-11-5-3-4-6-12(11)9-13/h3-9,21H,1H2,2H3,(H2,17,19)(H,18,20). The summed E-state index contributed by atoms with van der Waals surface area (Å²) in [4.78, 5) is 23.2. The van der Waals surface area contributed by atoms with Crippen LogP contribution in [0.2, 0.25) is 0 Å². The molecule has 2 rings (SSSR count). The summed E-state index contributed by atoms with van der Waals surface area (Å²) in [7, 11) is 0. The van der Waals surface area contributed by atoms with Crippen molar-refractivity contribution in [1.82, 2.24) is 5.32 Å². The summed E-state index contributed by atoms with van der Waals surface area (Å²) in [5.41, 5.74) is 3.25. The highest BCUT2D eigenvalue weighted by Gasteiger charge is 2.30. The van der Waals surface area contributed by atoms with Gasteiger partial charge in [-0.25, -0.2) is 0 Å². The van der Waals surface area contributed by atoms with Gasteiger partial charge < -0.3 is 16.2 Å². The molecule has 2 amide bonds. The van der Waals surface area contributed by atoms with Gasteiger partial charge >= 0.3 is 0 Å². The number of carbonyl (C=O) groups is 2. The van der Waals surface area contributed by atoms with Crippen molar-refractivity contribution >= 4 is 22.6 Å². The van der Waals surface area contributed by atoms with Crippen LogP contribution in [0.4, 0.5) is 0 Å². The molecular weight excluding hydrogens is 268 g/mol. The minimum absolute atomic E-state index is 0.281. The molecule has 0 aliphatic carbocycles. The molecule has 108 valence electrons. The number of amides is 2. The van der Waals surface area contributed by atoms with Gasteiger partial charge in [0.2, 0.25) is 5.91 Å². The molecule has 1 atom stereocenters. The zero-order valence-electron chi connectivity index (χ0n) is 11.6. The zero-order chi connectivity index (χ0) is 15.6. The average molecular weight is 284 g/mol. The van der Waals surface area contributed by atoms with Gasteiger partial charge in [-0.15, -0.1) is 0 Å². The summed E-state index contributed by atoms with van der Waals surface area (Å²) in [6, 6.07) is 12.7. The maximum absolute atomic E-state index is 12.2. The first-order valence-corrected chi connectivity index (χ1v) is 6.34. The Kier molecular flexibility index (Phi) is 3.78. The Morgan fingerprint density at radius 1 is 1.19 bits per heavy atom. The summed E-state index contributed by atoms with van der Waals surface area (Å²) < 4.78 is 0. The molecule has 5 nitrogen and oxygen atoms in total. The van der Waals surface area contributed by atoms with E-state index < -0.39 is 17.5 Å². The molecule has 0 aliphatic rings. The quantitative estimate of drug-likeness (QED) is 0.584. The van der Waals surface area contributed by atoms with Gasteiger partial charge in [0, 0.05) is 5.56 Å². The van der Waals surface area contributed by atoms with E-state index in [1.807, 2.05) is 30.3 Å². The van der Waals surface area contributed by atoms with Crippen LogP contribution in [-0.2, 0) is 4.79 Å². The van der Waals surface area contributed by atoms with Crippen LogP contribution in [0, 0.1) is 0 Å². The van der Waals surface area contributed by atoms with Crippen LogP contribution in [0.1, 0.15) is 17.3 Å². The van der Waals surface area contributed by atoms with Gasteiger partial charge in [-0.1, -0.05) is 36.9 Å². The molecule has 1 unspecified atom stereocenters. The van der Waals surface area contributed by atoms with Crippen molar-refractivity contribution in [1.29, 1.82) is 0 Å². The summed E-state index contributed by atoms with van der Waals surface area (Å²) in [5.74, 6) is -1.40. The molecule has 0 saturated carbocycles. The number of nitrogens with one attached hydrogen (secondary N) is 1. The molecule has 0 radical (unpaired) electrons. The summed E-state index contributed by atoms with van der Waals surface area (Å²) in [6.45, 7) is 4.63. The first-order chi connectivity index (χ1) is 9.81. The normalized spacial score (nSPS) is 13.4. The Morgan fingerprint density at radius 3 is 2.43 bits per heavy atom. The first kappa shape index (κ1) is 14.7. The number of hydrogen-bond donors (Lipinski definition) is 3. The molecule has 0 fully saturated rings. The van der Waals surface area contributed by atoms with Crippen molar-refractivity contribution in [3.8, 4) is 0 Å². The molecule has 0 aliphatic heterocycles. The molecular formula is C16H16N2O3. The van der Waals surface area contributed by atoms with Crippen LogP contribution in [0.5, 0.6) is 0 Å². The predicted molar refractivity (Wildman–Crippen MR) is 80.4 cm³/mol. The zero-order valence-corrected chi connectivity index (χ0v) is 11.6. The van der Waals surface area contributed by atoms with Crippen LogP contribution in [0.3, 0.4) is 0 Å². The lowest BCUT2D eigenvalue weighted by atomic mass is 10.0. The van der Waals surface area contributed by atoms with E-state index in [1.165, 1.54) is 6.92 Å². The fourth-order valence-corrected chi connectivity index (χ4v) is 1.94. The van der Waals surface area contributed by atoms with Crippen LogP contribution in [-0.4, -0.2) is 22.6 Å². The minimum atomic E-state index is -1.89. The predicted octanol–water partition coefficient (Wildman–Crippen LogP) is 1.32. The maximum Gasteiger partial charge on any atom is 0.253 e. The fourth-order valence-electron chi connectivity index (χ4n) is 1.94. The van der Waals surface area contributed by atoms with E-state index >= 15 is 0 Å². The number of benzene rings is 2. The van der Waals surface area contributed by atoms with Gasteiger partial charge in [0.25, 0.3) is 5.91 Å². The lowest BCUT2D eigenvalue weighted by Crippen LogP contribution is -2.50. The van der Waals surface area contributed by atoms with Crippen LogP contribution >= 0.6 is 0 Å². The van der Waals surface area contributed by atoms with Crippen molar-refractivity contribution < 1.29 is 14.7 Å². The minimum Gasteiger partial charge on any atom is -0.367 e. The summed E-state index contributed by atoms with van der Waals surface area (Å²) >= 11 is 0. The smallest absolute Gasteiger partial charge is 0.253 e. The average Bonchev–Trinajstić information content (AvgIpc) is 2.45. The largest absolute Gasteiger partial charge is 0.367 e. The second-order valence-corrected chi connectivity index (χ2v) is 4.93. The monoisotopic (exact) mass is 284 g/mol. The lowest BCUT2D eigenvalue weighted by Gasteiger charge is -2.25. The van der Waals surface area contributed by atoms with Gasteiger partial charge in [0.15, 0.2) is 5.72 Å². The van der Waals surface area contributed by atoms with Crippen molar-refractivity contribution in [2.75, 3.05) is 0 Å². The number of hydrogen-bond acceptors (Lipinski definition) is 3. The molecule has 5 heteroatoms. The second kappa shape index (κ2) is 5.38. The number of fused-ring (bicyclic) bond motifs is 1. The van der Waals surface area contributed by atoms with Crippen molar-refractivity contribution in [2.24, 2.45) is 5.73 Å². The van der Waals surface area contributed by atoms with Crippen LogP contribution < -0.4 is 11.1 Å². The van der Waals surface area contributed by atoms with Crippen LogP contribution in [0.25, 0.3) is 10.8 Å². The highest BCUT2D eigenvalue weighted by molar-refractivity contribution is 6.00. The molecule has 2 aromatic rings. The molecule has 0 heterocycles. The third-order valence-corrected chi connectivity index (χ3v) is 3.25. The second-order valence-electron chi connectivity index (χ2n) is 4.93. The van der Waals surface area contributed by atoms with Gasteiger partial charge in [-0.3, -0.25) is 9.59 Å². The van der Waals surface area contributed by atoms with E-state index in [9.17, 15) is 14.7 Å². The van der Waals surface area contributed by atoms with Crippen molar-refractivity contribution in [3.05, 3.63) is 60.2 Å². The third kappa shape index (κ3) is 3.09. The summed E-state index contributed by atoms with van der Waals surface area (Å²) in [5, 5.41) is 14.3. The summed E-state index contributed by atoms with van der Waals surface area (Å²) in [6.07, 6.45) is 0. The Bertz CT molecular complexity index is 735. The van der Waals surface area contributed by atoms with Gasteiger partial charge in [-0.05, 0) is 29.8 Å². The van der Waals surface area contributed by atoms with Crippen molar-refractivity contribution in [3.63, 3.8) is 0 Å². The third-order valence-electron chi connectivity index (χ3n) is 3.25. The highest BCUT2D eigenvalue weighted by Crippen LogP contribution is 2.17. The van der Waals surface area contributed by atoms with E-state index in [4.69, 9.17) is 5.73 Å². The number of primary amides is 1. The number of aliphatic hydroxyl groups is 1. The molecule has 0 aromatic heterocycles. The molecule has 0 bridgehead atoms. The van der Waals surface area contributed by atoms with Gasteiger partial charge in [0.1, 0.15) is 0 Å². The molecule has 21 heavy (non-hydrogen) atoms. The lowest BCUT2D eigenvalue weighted by molar-refractivity contribution is -0.116. The Morgan fingerprint density at radius 2 is 1.81 bits per heavy atom. The van der Waals surface area contributed by atoms with Crippen molar-refractivity contribution in [2.45, 2.75) is 12.6 Å². The van der Waals surface area contributed by atoms with E-state index in [-0.39, 0.29) is 5.57 Å². The van der Waals surface area contributed by atoms with Gasteiger partial charge in [0.05, 0.1) is 5.57 Å². The van der Waals surface area contributed by atoms with E-state index in [0.29, 0.717) is 5.56 Å². The number of rotatable bonds is 4. The van der Waals surface area contributed by atoms with E-state index in [2.05, 4.69) is 11.9 Å². The van der Waals surface area contributed by atoms with Crippen LogP contribution in [0.15, 0.2) is 54.6 Å². The number of carbonyl (C=O) groups excluding carboxylic acids is 2. The van der Waals surface area contributed by atoms with E-state index in [1.54, 1.807) is 12.1 Å².